The fraction of sp³-hybridized carbons (Fsp3) is 0.300. The predicted octanol–water partition coefficient (Wildman–Crippen LogP) is 0.106. The van der Waals surface area contributed by atoms with Crippen LogP contribution in [0.5, 0.6) is 5.75 Å². The Morgan fingerprint density at radius 2 is 2.00 bits per heavy atom. The predicted molar refractivity (Wildman–Crippen MR) is 68.0 cm³/mol. The summed E-state index contributed by atoms with van der Waals surface area (Å²) in [7, 11) is -4.17. The van der Waals surface area contributed by atoms with Crippen molar-refractivity contribution in [3.05, 3.63) is 29.3 Å². The molecular formula is C10H14LiNO5S. The van der Waals surface area contributed by atoms with Crippen molar-refractivity contribution in [3.63, 3.8) is 0 Å². The van der Waals surface area contributed by atoms with Crippen molar-refractivity contribution in [1.82, 2.24) is 0 Å². The second-order valence-corrected chi connectivity index (χ2v) is 4.45. The molecule has 8 heteroatoms. The van der Waals surface area contributed by atoms with Gasteiger partial charge < -0.3 is 8.92 Å². The number of carbonyl (C=O) groups excluding carboxylic acids is 1. The number of hydrogen-bond acceptors (Lipinski definition) is 5. The molecule has 2 N–H and O–H groups in total. The first kappa shape index (κ1) is 17.0. The molecule has 0 aromatic heterocycles. The van der Waals surface area contributed by atoms with Gasteiger partial charge in [-0.05, 0) is 31.5 Å². The third-order valence-corrected chi connectivity index (χ3v) is 2.25. The number of ether oxygens (including phenoxy) is 1. The number of hydrogen-bond donors (Lipinski definition) is 1. The van der Waals surface area contributed by atoms with Crippen LogP contribution in [0.4, 0.5) is 0 Å². The van der Waals surface area contributed by atoms with Crippen LogP contribution in [0.15, 0.2) is 18.2 Å². The Bertz CT molecular complexity index is 529. The van der Waals surface area contributed by atoms with E-state index >= 15 is 0 Å². The maximum absolute atomic E-state index is 11.6. The summed E-state index contributed by atoms with van der Waals surface area (Å²) in [5.74, 6) is -0.800. The Morgan fingerprint density at radius 1 is 1.39 bits per heavy atom. The van der Waals surface area contributed by atoms with Gasteiger partial charge in [-0.2, -0.15) is 13.6 Å². The van der Waals surface area contributed by atoms with E-state index in [4.69, 9.17) is 9.88 Å². The van der Waals surface area contributed by atoms with Gasteiger partial charge >= 0.3 is 35.1 Å². The van der Waals surface area contributed by atoms with Crippen LogP contribution >= 0.6 is 0 Å². The standard InChI is InChI=1S/C10H13NO5S.Li.H/c1-3-15-10(12)8-6-7(2)4-5-9(8)16-17(11,13)14;;/h4-6H,3H2,1-2H3,(H2,11,13,14);;. The van der Waals surface area contributed by atoms with Gasteiger partial charge in [-0.25, -0.2) is 4.79 Å². The van der Waals surface area contributed by atoms with E-state index in [1.807, 2.05) is 0 Å². The topological polar surface area (TPSA) is 95.7 Å². The van der Waals surface area contributed by atoms with E-state index in [1.54, 1.807) is 19.9 Å². The van der Waals surface area contributed by atoms with Crippen molar-refractivity contribution < 1.29 is 22.1 Å². The van der Waals surface area contributed by atoms with Crippen molar-refractivity contribution >= 4 is 35.1 Å². The third-order valence-electron chi connectivity index (χ3n) is 1.84. The van der Waals surface area contributed by atoms with Gasteiger partial charge in [-0.1, -0.05) is 6.07 Å². The van der Waals surface area contributed by atoms with E-state index < -0.39 is 16.3 Å². The average molecular weight is 267 g/mol. The first-order chi connectivity index (χ1) is 7.83. The molecule has 0 saturated heterocycles. The van der Waals surface area contributed by atoms with E-state index in [9.17, 15) is 13.2 Å². The first-order valence-corrected chi connectivity index (χ1v) is 6.30. The van der Waals surface area contributed by atoms with E-state index in [0.29, 0.717) is 0 Å². The molecule has 0 amide bonds. The van der Waals surface area contributed by atoms with Crippen molar-refractivity contribution in [2.24, 2.45) is 5.14 Å². The van der Waals surface area contributed by atoms with Gasteiger partial charge in [0.15, 0.2) is 5.75 Å². The van der Waals surface area contributed by atoms with Gasteiger partial charge in [-0.15, -0.1) is 0 Å². The Morgan fingerprint density at radius 3 is 2.50 bits per heavy atom. The molecule has 0 radical (unpaired) electrons. The van der Waals surface area contributed by atoms with E-state index in [-0.39, 0.29) is 36.8 Å². The molecule has 0 bridgehead atoms. The van der Waals surface area contributed by atoms with Crippen molar-refractivity contribution in [2.45, 2.75) is 13.8 Å². The SMILES string of the molecule is CCOC(=O)c1cc(C)ccc1OS(N)(=O)=O.[LiH]. The molecule has 0 fully saturated rings. The number of nitrogens with two attached hydrogens (primary N) is 1. The fourth-order valence-electron chi connectivity index (χ4n) is 1.21. The average Bonchev–Trinajstić information content (AvgIpc) is 2.19. The van der Waals surface area contributed by atoms with E-state index in [1.165, 1.54) is 12.1 Å². The summed E-state index contributed by atoms with van der Waals surface area (Å²) in [6.45, 7) is 3.58. The first-order valence-electron chi connectivity index (χ1n) is 4.83. The number of carbonyl (C=O) groups is 1. The molecule has 1 aromatic rings. The zero-order chi connectivity index (χ0) is 13.1. The van der Waals surface area contributed by atoms with Gasteiger partial charge in [0.2, 0.25) is 0 Å². The third kappa shape index (κ3) is 5.10. The summed E-state index contributed by atoms with van der Waals surface area (Å²) < 4.78 is 30.9. The second-order valence-electron chi connectivity index (χ2n) is 3.30. The summed E-state index contributed by atoms with van der Waals surface area (Å²) in [6.07, 6.45) is 0. The zero-order valence-electron chi connectivity index (χ0n) is 9.47. The number of benzene rings is 1. The molecule has 0 aliphatic carbocycles. The van der Waals surface area contributed by atoms with Crippen molar-refractivity contribution in [3.8, 4) is 5.75 Å². The van der Waals surface area contributed by atoms with E-state index in [2.05, 4.69) is 4.18 Å². The van der Waals surface area contributed by atoms with Gasteiger partial charge in [-0.3, -0.25) is 0 Å². The number of aryl methyl sites for hydroxylation is 1. The molecule has 0 atom stereocenters. The van der Waals surface area contributed by atoms with Crippen LogP contribution in [0.2, 0.25) is 0 Å². The molecule has 0 aliphatic rings. The molecule has 0 unspecified atom stereocenters. The Kier molecular flexibility index (Phi) is 6.42. The van der Waals surface area contributed by atoms with Crippen LogP contribution in [-0.4, -0.2) is 39.9 Å². The van der Waals surface area contributed by atoms with Gasteiger partial charge in [0.05, 0.1) is 6.61 Å². The summed E-state index contributed by atoms with van der Waals surface area (Å²) >= 11 is 0. The number of esters is 1. The van der Waals surface area contributed by atoms with Crippen LogP contribution in [0.1, 0.15) is 22.8 Å². The molecule has 0 aliphatic heterocycles. The normalized spacial score (nSPS) is 10.4. The van der Waals surface area contributed by atoms with E-state index in [0.717, 1.165) is 5.56 Å². The fourth-order valence-corrected chi connectivity index (χ4v) is 1.61. The molecule has 96 valence electrons. The van der Waals surface area contributed by atoms with Crippen molar-refractivity contribution in [1.29, 1.82) is 0 Å². The Hall–Kier alpha value is -1.00. The van der Waals surface area contributed by atoms with Crippen LogP contribution in [0.25, 0.3) is 0 Å². The van der Waals surface area contributed by atoms with Crippen LogP contribution < -0.4 is 9.32 Å². The quantitative estimate of drug-likeness (QED) is 0.616. The molecule has 0 spiro atoms. The summed E-state index contributed by atoms with van der Waals surface area (Å²) in [5, 5.41) is 4.75. The summed E-state index contributed by atoms with van der Waals surface area (Å²) in [5.41, 5.74) is 0.802. The van der Waals surface area contributed by atoms with Gasteiger partial charge in [0.25, 0.3) is 0 Å². The van der Waals surface area contributed by atoms with Crippen LogP contribution in [0, 0.1) is 6.92 Å². The van der Waals surface area contributed by atoms with Crippen LogP contribution in [0.3, 0.4) is 0 Å². The molecule has 18 heavy (non-hydrogen) atoms. The molecule has 6 nitrogen and oxygen atoms in total. The van der Waals surface area contributed by atoms with Gasteiger partial charge in [0, 0.05) is 0 Å². The zero-order valence-corrected chi connectivity index (χ0v) is 10.3. The van der Waals surface area contributed by atoms with Crippen molar-refractivity contribution in [2.75, 3.05) is 6.61 Å². The van der Waals surface area contributed by atoms with Crippen LogP contribution in [-0.2, 0) is 15.0 Å². The minimum absolute atomic E-state index is 0. The summed E-state index contributed by atoms with van der Waals surface area (Å²) in [4.78, 5) is 11.6. The monoisotopic (exact) mass is 267 g/mol. The molecule has 0 heterocycles. The maximum atomic E-state index is 11.6. The Labute approximate surface area is 118 Å². The van der Waals surface area contributed by atoms with Gasteiger partial charge in [0.1, 0.15) is 5.56 Å². The molecule has 1 aromatic carbocycles. The molecular weight excluding hydrogens is 253 g/mol. The summed E-state index contributed by atoms with van der Waals surface area (Å²) in [6, 6.07) is 4.42. The number of rotatable bonds is 4. The second kappa shape index (κ2) is 6.80. The molecule has 0 saturated carbocycles. The Balaban J connectivity index is 0.00000289. The molecule has 1 rings (SSSR count). The minimum atomic E-state index is -4.17.